The van der Waals surface area contributed by atoms with E-state index in [9.17, 15) is 4.79 Å². The Bertz CT molecular complexity index is 767. The van der Waals surface area contributed by atoms with Gasteiger partial charge in [0.05, 0.1) is 23.4 Å². The molecule has 138 valence electrons. The summed E-state index contributed by atoms with van der Waals surface area (Å²) in [5.74, 6) is 0.247. The van der Waals surface area contributed by atoms with Gasteiger partial charge in [-0.3, -0.25) is 9.69 Å². The first-order valence-electron chi connectivity index (χ1n) is 8.77. The monoisotopic (exact) mass is 373 g/mol. The topological polar surface area (TPSA) is 67.6 Å². The molecule has 3 N–H and O–H groups in total. The van der Waals surface area contributed by atoms with Crippen molar-refractivity contribution in [1.82, 2.24) is 10.2 Å². The van der Waals surface area contributed by atoms with Gasteiger partial charge in [0.1, 0.15) is 5.75 Å². The maximum absolute atomic E-state index is 12.7. The minimum Gasteiger partial charge on any atom is -0.496 e. The third kappa shape index (κ3) is 4.48. The van der Waals surface area contributed by atoms with Gasteiger partial charge in [-0.25, -0.2) is 0 Å². The standard InChI is InChI=1S/C20H24ClN3O2/c1-26-19-11-18(22)17(21)10-16(19)20(25)23-15-8-5-9-24(13-15)12-14-6-3-2-4-7-14/h2-4,6-7,10-11,15H,5,8-9,12-13,22H2,1H3,(H,23,25). The molecule has 0 aromatic heterocycles. The number of amides is 1. The zero-order valence-electron chi connectivity index (χ0n) is 14.9. The first-order chi connectivity index (χ1) is 12.6. The average molecular weight is 374 g/mol. The van der Waals surface area contributed by atoms with Gasteiger partial charge in [0.2, 0.25) is 0 Å². The fraction of sp³-hybridized carbons (Fsp3) is 0.350. The number of nitrogens with two attached hydrogens (primary N) is 1. The molecule has 5 nitrogen and oxygen atoms in total. The molecule has 0 spiro atoms. The molecule has 1 saturated heterocycles. The molecule has 1 amide bonds. The van der Waals surface area contributed by atoms with Gasteiger partial charge in [-0.05, 0) is 31.0 Å². The highest BCUT2D eigenvalue weighted by atomic mass is 35.5. The van der Waals surface area contributed by atoms with Crippen LogP contribution in [0.25, 0.3) is 0 Å². The van der Waals surface area contributed by atoms with Crippen molar-refractivity contribution >= 4 is 23.2 Å². The summed E-state index contributed by atoms with van der Waals surface area (Å²) < 4.78 is 5.28. The van der Waals surface area contributed by atoms with E-state index in [1.165, 1.54) is 12.7 Å². The largest absolute Gasteiger partial charge is 0.496 e. The SMILES string of the molecule is COc1cc(N)c(Cl)cc1C(=O)NC1CCCN(Cc2ccccc2)C1. The number of nitrogen functional groups attached to an aromatic ring is 1. The van der Waals surface area contributed by atoms with Gasteiger partial charge in [-0.1, -0.05) is 41.9 Å². The van der Waals surface area contributed by atoms with Crippen molar-refractivity contribution in [1.29, 1.82) is 0 Å². The van der Waals surface area contributed by atoms with Gasteiger partial charge in [-0.15, -0.1) is 0 Å². The summed E-state index contributed by atoms with van der Waals surface area (Å²) in [4.78, 5) is 15.1. The van der Waals surface area contributed by atoms with Gasteiger partial charge in [-0.2, -0.15) is 0 Å². The summed E-state index contributed by atoms with van der Waals surface area (Å²) in [6.07, 6.45) is 2.01. The summed E-state index contributed by atoms with van der Waals surface area (Å²) in [5.41, 5.74) is 7.88. The zero-order chi connectivity index (χ0) is 18.5. The van der Waals surface area contributed by atoms with Gasteiger partial charge in [0.25, 0.3) is 5.91 Å². The first kappa shape index (κ1) is 18.5. The van der Waals surface area contributed by atoms with Gasteiger partial charge in [0, 0.05) is 25.2 Å². The van der Waals surface area contributed by atoms with Crippen molar-refractivity contribution in [2.24, 2.45) is 0 Å². The van der Waals surface area contributed by atoms with Crippen molar-refractivity contribution < 1.29 is 9.53 Å². The molecule has 2 aromatic rings. The summed E-state index contributed by atoms with van der Waals surface area (Å²) in [6.45, 7) is 2.76. The molecule has 0 bridgehead atoms. The second-order valence-electron chi connectivity index (χ2n) is 6.61. The lowest BCUT2D eigenvalue weighted by atomic mass is 10.0. The van der Waals surface area contributed by atoms with Crippen molar-refractivity contribution in [3.8, 4) is 5.75 Å². The second kappa shape index (κ2) is 8.43. The van der Waals surface area contributed by atoms with Crippen LogP contribution < -0.4 is 15.8 Å². The van der Waals surface area contributed by atoms with E-state index in [2.05, 4.69) is 34.5 Å². The Morgan fingerprint density at radius 1 is 1.35 bits per heavy atom. The Balaban J connectivity index is 1.65. The number of carbonyl (C=O) groups is 1. The fourth-order valence-electron chi connectivity index (χ4n) is 3.34. The normalized spacial score (nSPS) is 17.7. The first-order valence-corrected chi connectivity index (χ1v) is 9.14. The number of carbonyl (C=O) groups excluding carboxylic acids is 1. The fourth-order valence-corrected chi connectivity index (χ4v) is 3.50. The maximum atomic E-state index is 12.7. The molecular formula is C20H24ClN3O2. The number of anilines is 1. The van der Waals surface area contributed by atoms with Crippen LogP contribution >= 0.6 is 11.6 Å². The average Bonchev–Trinajstić information content (AvgIpc) is 2.64. The van der Waals surface area contributed by atoms with E-state index < -0.39 is 0 Å². The quantitative estimate of drug-likeness (QED) is 0.789. The Morgan fingerprint density at radius 2 is 2.12 bits per heavy atom. The maximum Gasteiger partial charge on any atom is 0.255 e. The molecule has 26 heavy (non-hydrogen) atoms. The number of ether oxygens (including phenoxy) is 1. The Labute approximate surface area is 159 Å². The summed E-state index contributed by atoms with van der Waals surface area (Å²) in [7, 11) is 1.52. The minimum atomic E-state index is -0.185. The number of benzene rings is 2. The Morgan fingerprint density at radius 3 is 2.85 bits per heavy atom. The van der Waals surface area contributed by atoms with E-state index in [0.717, 1.165) is 32.5 Å². The van der Waals surface area contributed by atoms with Crippen molar-refractivity contribution in [3.05, 3.63) is 58.6 Å². The molecule has 2 aromatic carbocycles. The van der Waals surface area contributed by atoms with Crippen LogP contribution in [0.3, 0.4) is 0 Å². The van der Waals surface area contributed by atoms with E-state index in [0.29, 0.717) is 22.0 Å². The van der Waals surface area contributed by atoms with Crippen LogP contribution in [-0.2, 0) is 6.54 Å². The van der Waals surface area contributed by atoms with Crippen LogP contribution in [0.5, 0.6) is 5.75 Å². The third-order valence-electron chi connectivity index (χ3n) is 4.65. The Hall–Kier alpha value is -2.24. The molecule has 1 unspecified atom stereocenters. The van der Waals surface area contributed by atoms with Crippen LogP contribution in [-0.4, -0.2) is 37.0 Å². The van der Waals surface area contributed by atoms with Crippen LogP contribution in [0, 0.1) is 0 Å². The molecule has 1 aliphatic heterocycles. The third-order valence-corrected chi connectivity index (χ3v) is 4.98. The zero-order valence-corrected chi connectivity index (χ0v) is 15.6. The van der Waals surface area contributed by atoms with E-state index in [1.54, 1.807) is 12.1 Å². The van der Waals surface area contributed by atoms with Crippen molar-refractivity contribution in [3.63, 3.8) is 0 Å². The lowest BCUT2D eigenvalue weighted by molar-refractivity contribution is 0.0898. The molecule has 1 heterocycles. The second-order valence-corrected chi connectivity index (χ2v) is 7.01. The predicted molar refractivity (Wildman–Crippen MR) is 105 cm³/mol. The molecule has 1 fully saturated rings. The highest BCUT2D eigenvalue weighted by molar-refractivity contribution is 6.33. The van der Waals surface area contributed by atoms with Crippen LogP contribution in [0.4, 0.5) is 5.69 Å². The lowest BCUT2D eigenvalue weighted by Crippen LogP contribution is -2.47. The number of piperidine rings is 1. The Kier molecular flexibility index (Phi) is 6.01. The van der Waals surface area contributed by atoms with Crippen LogP contribution in [0.2, 0.25) is 5.02 Å². The molecular weight excluding hydrogens is 350 g/mol. The van der Waals surface area contributed by atoms with Gasteiger partial charge < -0.3 is 15.8 Å². The van der Waals surface area contributed by atoms with E-state index in [4.69, 9.17) is 22.1 Å². The number of hydrogen-bond donors (Lipinski definition) is 2. The number of likely N-dealkylation sites (tertiary alicyclic amines) is 1. The molecule has 0 radical (unpaired) electrons. The van der Waals surface area contributed by atoms with E-state index in [1.807, 2.05) is 6.07 Å². The number of hydrogen-bond acceptors (Lipinski definition) is 4. The smallest absolute Gasteiger partial charge is 0.255 e. The van der Waals surface area contributed by atoms with Crippen molar-refractivity contribution in [2.75, 3.05) is 25.9 Å². The number of rotatable bonds is 5. The molecule has 6 heteroatoms. The molecule has 1 aliphatic rings. The number of nitrogens with one attached hydrogen (secondary N) is 1. The van der Waals surface area contributed by atoms with Gasteiger partial charge in [0.15, 0.2) is 0 Å². The summed E-state index contributed by atoms with van der Waals surface area (Å²) in [5, 5.41) is 3.46. The highest BCUT2D eigenvalue weighted by Crippen LogP contribution is 2.29. The molecule has 1 atom stereocenters. The van der Waals surface area contributed by atoms with E-state index in [-0.39, 0.29) is 11.9 Å². The number of methoxy groups -OCH3 is 1. The number of nitrogens with zero attached hydrogens (tertiary/aromatic N) is 1. The molecule has 0 aliphatic carbocycles. The number of halogens is 1. The van der Waals surface area contributed by atoms with Crippen LogP contribution in [0.15, 0.2) is 42.5 Å². The van der Waals surface area contributed by atoms with Crippen LogP contribution in [0.1, 0.15) is 28.8 Å². The lowest BCUT2D eigenvalue weighted by Gasteiger charge is -2.33. The predicted octanol–water partition coefficient (Wildman–Crippen LogP) is 3.33. The summed E-state index contributed by atoms with van der Waals surface area (Å²) in [6, 6.07) is 13.6. The van der Waals surface area contributed by atoms with Gasteiger partial charge >= 0.3 is 0 Å². The van der Waals surface area contributed by atoms with E-state index >= 15 is 0 Å². The summed E-state index contributed by atoms with van der Waals surface area (Å²) >= 11 is 6.07. The van der Waals surface area contributed by atoms with Crippen molar-refractivity contribution in [2.45, 2.75) is 25.4 Å². The highest BCUT2D eigenvalue weighted by Gasteiger charge is 2.23. The molecule has 0 saturated carbocycles. The molecule has 3 rings (SSSR count). The minimum absolute atomic E-state index is 0.0981.